The van der Waals surface area contributed by atoms with E-state index in [1.54, 1.807) is 14.0 Å². The number of carbonyl (C=O) groups excluding carboxylic acids is 1. The SMILES string of the molecule is CCOC(=O)CCCCn1c(=O)c2[nH]c(CCC3CCNCC3)nc2n(C)c1=O.Cl.Cl. The van der Waals surface area contributed by atoms with Gasteiger partial charge >= 0.3 is 11.7 Å². The van der Waals surface area contributed by atoms with Crippen LogP contribution in [0, 0.1) is 5.92 Å². The normalized spacial score (nSPS) is 14.1. The minimum absolute atomic E-state index is 0. The number of halogens is 2. The maximum absolute atomic E-state index is 12.8. The number of ether oxygens (including phenoxy) is 1. The number of aryl methyl sites for hydroxylation is 2. The molecule has 11 heteroatoms. The summed E-state index contributed by atoms with van der Waals surface area (Å²) in [7, 11) is 1.64. The van der Waals surface area contributed by atoms with E-state index in [0.29, 0.717) is 36.5 Å². The van der Waals surface area contributed by atoms with Gasteiger partial charge in [0.15, 0.2) is 5.65 Å². The van der Waals surface area contributed by atoms with E-state index < -0.39 is 0 Å². The highest BCUT2D eigenvalue weighted by Gasteiger charge is 2.17. The molecule has 1 aliphatic rings. The summed E-state index contributed by atoms with van der Waals surface area (Å²) >= 11 is 0. The number of aromatic amines is 1. The Morgan fingerprint density at radius 2 is 1.90 bits per heavy atom. The number of nitrogens with zero attached hydrogens (tertiary/aromatic N) is 3. The third kappa shape index (κ3) is 6.82. The van der Waals surface area contributed by atoms with E-state index >= 15 is 0 Å². The maximum atomic E-state index is 12.8. The molecule has 176 valence electrons. The molecule has 0 aliphatic carbocycles. The Morgan fingerprint density at radius 3 is 2.58 bits per heavy atom. The predicted molar refractivity (Wildman–Crippen MR) is 124 cm³/mol. The van der Waals surface area contributed by atoms with Gasteiger partial charge in [0.2, 0.25) is 0 Å². The summed E-state index contributed by atoms with van der Waals surface area (Å²) in [6.45, 7) is 4.50. The molecule has 0 aromatic carbocycles. The zero-order valence-electron chi connectivity index (χ0n) is 18.1. The molecule has 1 fully saturated rings. The van der Waals surface area contributed by atoms with Crippen LogP contribution < -0.4 is 16.6 Å². The molecule has 0 unspecified atom stereocenters. The largest absolute Gasteiger partial charge is 0.466 e. The van der Waals surface area contributed by atoms with Gasteiger partial charge < -0.3 is 15.0 Å². The number of aromatic nitrogens is 4. The van der Waals surface area contributed by atoms with Gasteiger partial charge in [0.1, 0.15) is 11.3 Å². The molecule has 3 rings (SSSR count). The number of hydrogen-bond donors (Lipinski definition) is 2. The number of rotatable bonds is 9. The lowest BCUT2D eigenvalue weighted by Crippen LogP contribution is -2.39. The van der Waals surface area contributed by atoms with Crippen LogP contribution in [0.4, 0.5) is 0 Å². The summed E-state index contributed by atoms with van der Waals surface area (Å²) in [5.41, 5.74) is 0.0516. The molecule has 0 spiro atoms. The van der Waals surface area contributed by atoms with Crippen molar-refractivity contribution in [2.45, 2.75) is 58.4 Å². The van der Waals surface area contributed by atoms with Crippen molar-refractivity contribution in [3.05, 3.63) is 26.7 Å². The van der Waals surface area contributed by atoms with E-state index in [1.807, 2.05) is 0 Å². The van der Waals surface area contributed by atoms with Gasteiger partial charge in [-0.1, -0.05) is 0 Å². The lowest BCUT2D eigenvalue weighted by molar-refractivity contribution is -0.143. The molecule has 31 heavy (non-hydrogen) atoms. The molecule has 1 saturated heterocycles. The first-order valence-electron chi connectivity index (χ1n) is 10.6. The quantitative estimate of drug-likeness (QED) is 0.421. The Kier molecular flexibility index (Phi) is 11.3. The fourth-order valence-corrected chi connectivity index (χ4v) is 3.90. The summed E-state index contributed by atoms with van der Waals surface area (Å²) in [5, 5.41) is 3.36. The standard InChI is InChI=1S/C20H31N5O4.2ClH/c1-3-29-16(26)6-4-5-13-25-19(27)17-18(24(2)20(25)28)23-15(22-17)8-7-14-9-11-21-12-10-14;;/h14,21H,3-13H2,1-2H3,(H,22,23);2*1H. The van der Waals surface area contributed by atoms with E-state index in [-0.39, 0.29) is 55.0 Å². The summed E-state index contributed by atoms with van der Waals surface area (Å²) < 4.78 is 7.55. The van der Waals surface area contributed by atoms with Crippen LogP contribution in [0.2, 0.25) is 0 Å². The second-order valence-corrected chi connectivity index (χ2v) is 7.67. The van der Waals surface area contributed by atoms with Gasteiger partial charge in [-0.25, -0.2) is 9.78 Å². The highest BCUT2D eigenvalue weighted by atomic mass is 35.5. The van der Waals surface area contributed by atoms with Gasteiger partial charge in [-0.15, -0.1) is 24.8 Å². The third-order valence-electron chi connectivity index (χ3n) is 5.59. The summed E-state index contributed by atoms with van der Waals surface area (Å²) in [4.78, 5) is 44.5. The van der Waals surface area contributed by atoms with Gasteiger partial charge in [0.05, 0.1) is 6.61 Å². The Labute approximate surface area is 193 Å². The highest BCUT2D eigenvalue weighted by molar-refractivity contribution is 5.85. The molecule has 0 atom stereocenters. The van der Waals surface area contributed by atoms with Crippen LogP contribution in [0.25, 0.3) is 11.2 Å². The fourth-order valence-electron chi connectivity index (χ4n) is 3.90. The van der Waals surface area contributed by atoms with Crippen LogP contribution in [0.3, 0.4) is 0 Å². The van der Waals surface area contributed by atoms with Crippen LogP contribution in [0.1, 0.15) is 51.3 Å². The molecule has 2 aromatic rings. The number of piperidine rings is 1. The minimum atomic E-state index is -0.380. The number of H-pyrrole nitrogens is 1. The fraction of sp³-hybridized carbons (Fsp3) is 0.700. The summed E-state index contributed by atoms with van der Waals surface area (Å²) in [6, 6.07) is 0. The van der Waals surface area contributed by atoms with E-state index in [0.717, 1.165) is 44.6 Å². The smallest absolute Gasteiger partial charge is 0.332 e. The molecular formula is C20H33Cl2N5O4. The minimum Gasteiger partial charge on any atom is -0.466 e. The van der Waals surface area contributed by atoms with Gasteiger partial charge in [0.25, 0.3) is 5.56 Å². The molecule has 3 heterocycles. The van der Waals surface area contributed by atoms with Crippen molar-refractivity contribution in [3.63, 3.8) is 0 Å². The molecule has 0 amide bonds. The van der Waals surface area contributed by atoms with Crippen molar-refractivity contribution in [1.82, 2.24) is 24.4 Å². The van der Waals surface area contributed by atoms with E-state index in [9.17, 15) is 14.4 Å². The first kappa shape index (κ1) is 27.2. The van der Waals surface area contributed by atoms with Gasteiger partial charge in [-0.2, -0.15) is 0 Å². The van der Waals surface area contributed by atoms with Crippen molar-refractivity contribution in [1.29, 1.82) is 0 Å². The van der Waals surface area contributed by atoms with Crippen LogP contribution >= 0.6 is 24.8 Å². The summed E-state index contributed by atoms with van der Waals surface area (Å²) in [5.74, 6) is 1.17. The first-order valence-corrected chi connectivity index (χ1v) is 10.6. The Hall–Kier alpha value is -1.84. The van der Waals surface area contributed by atoms with Crippen LogP contribution in [0.15, 0.2) is 9.59 Å². The van der Waals surface area contributed by atoms with Crippen molar-refractivity contribution >= 4 is 41.9 Å². The van der Waals surface area contributed by atoms with E-state index in [1.165, 1.54) is 9.13 Å². The molecule has 2 aromatic heterocycles. The van der Waals surface area contributed by atoms with Crippen LogP contribution in [-0.2, 0) is 29.5 Å². The second-order valence-electron chi connectivity index (χ2n) is 7.67. The van der Waals surface area contributed by atoms with Gasteiger partial charge in [-0.05, 0) is 58.0 Å². The topological polar surface area (TPSA) is 111 Å². The molecule has 0 saturated carbocycles. The lowest BCUT2D eigenvalue weighted by Gasteiger charge is -2.21. The van der Waals surface area contributed by atoms with Gasteiger partial charge in [-0.3, -0.25) is 18.7 Å². The number of fused-ring (bicyclic) bond motifs is 1. The highest BCUT2D eigenvalue weighted by Crippen LogP contribution is 2.18. The second kappa shape index (κ2) is 12.9. The van der Waals surface area contributed by atoms with E-state index in [4.69, 9.17) is 4.74 Å². The molecule has 0 bridgehead atoms. The Bertz CT molecular complexity index is 963. The molecule has 1 aliphatic heterocycles. The maximum Gasteiger partial charge on any atom is 0.332 e. The Morgan fingerprint density at radius 1 is 1.19 bits per heavy atom. The number of esters is 1. The number of hydrogen-bond acceptors (Lipinski definition) is 6. The van der Waals surface area contributed by atoms with E-state index in [2.05, 4.69) is 15.3 Å². The number of unbranched alkanes of at least 4 members (excludes halogenated alkanes) is 1. The van der Waals surface area contributed by atoms with Crippen LogP contribution in [-0.4, -0.2) is 44.8 Å². The van der Waals surface area contributed by atoms with Gasteiger partial charge in [0, 0.05) is 26.4 Å². The molecule has 0 radical (unpaired) electrons. The number of carbonyl (C=O) groups is 1. The third-order valence-corrected chi connectivity index (χ3v) is 5.59. The lowest BCUT2D eigenvalue weighted by atomic mass is 9.93. The summed E-state index contributed by atoms with van der Waals surface area (Å²) in [6.07, 6.45) is 5.53. The average Bonchev–Trinajstić information content (AvgIpc) is 3.16. The molecular weight excluding hydrogens is 445 g/mol. The molecule has 2 N–H and O–H groups in total. The van der Waals surface area contributed by atoms with Crippen molar-refractivity contribution in [2.75, 3.05) is 19.7 Å². The zero-order valence-corrected chi connectivity index (χ0v) is 19.8. The predicted octanol–water partition coefficient (Wildman–Crippen LogP) is 1.93. The molecule has 9 nitrogen and oxygen atoms in total. The monoisotopic (exact) mass is 477 g/mol. The average molecular weight is 478 g/mol. The Balaban J connectivity index is 0.00000240. The van der Waals surface area contributed by atoms with Crippen molar-refractivity contribution in [2.24, 2.45) is 13.0 Å². The number of imidazole rings is 1. The number of nitrogens with one attached hydrogen (secondary N) is 2. The first-order chi connectivity index (χ1) is 14.0. The van der Waals surface area contributed by atoms with Crippen molar-refractivity contribution in [3.8, 4) is 0 Å². The van der Waals surface area contributed by atoms with Crippen molar-refractivity contribution < 1.29 is 9.53 Å². The zero-order chi connectivity index (χ0) is 20.8. The van der Waals surface area contributed by atoms with Crippen LogP contribution in [0.5, 0.6) is 0 Å².